The van der Waals surface area contributed by atoms with Crippen molar-refractivity contribution in [1.29, 1.82) is 0 Å². The summed E-state index contributed by atoms with van der Waals surface area (Å²) in [7, 11) is 6.10. The fourth-order valence-corrected chi connectivity index (χ4v) is 10.8. The van der Waals surface area contributed by atoms with Crippen molar-refractivity contribution >= 4 is 75.1 Å². The van der Waals surface area contributed by atoms with Crippen molar-refractivity contribution in [2.75, 3.05) is 52.1 Å². The summed E-state index contributed by atoms with van der Waals surface area (Å²) in [6, 6.07) is 9.03. The molecule has 0 radical (unpaired) electrons. The number of nitrogens with one attached hydrogen (secondary N) is 6. The number of carbonyl (C=O) groups excluding carboxylic acids is 9. The van der Waals surface area contributed by atoms with Crippen LogP contribution >= 0.6 is 15.9 Å². The maximum atomic E-state index is 14.8. The highest BCUT2D eigenvalue weighted by atomic mass is 79.9. The third-order valence-corrected chi connectivity index (χ3v) is 16.2. The Kier molecular flexibility index (Phi) is 30.1. The topological polar surface area (TPSA) is 309 Å². The van der Waals surface area contributed by atoms with Crippen LogP contribution in [0.4, 0.5) is 15.3 Å². The minimum atomic E-state index is -1.07. The van der Waals surface area contributed by atoms with Gasteiger partial charge in [-0.3, -0.25) is 38.5 Å². The van der Waals surface area contributed by atoms with Crippen LogP contribution in [0.15, 0.2) is 54.6 Å². The Labute approximate surface area is 504 Å². The number of nitrogens with zero attached hydrogens (tertiary/aromatic N) is 3. The molecule has 1 aliphatic heterocycles. The van der Waals surface area contributed by atoms with Gasteiger partial charge in [-0.1, -0.05) is 127 Å². The van der Waals surface area contributed by atoms with Gasteiger partial charge >= 0.3 is 12.1 Å². The van der Waals surface area contributed by atoms with E-state index in [1.807, 2.05) is 32.0 Å². The Bertz CT molecular complexity index is 2470. The van der Waals surface area contributed by atoms with Crippen LogP contribution in [0.3, 0.4) is 0 Å². The summed E-state index contributed by atoms with van der Waals surface area (Å²) in [5.74, 6) is -5.05. The summed E-state index contributed by atoms with van der Waals surface area (Å²) in [4.78, 5) is 126. The molecule has 24 heteroatoms. The van der Waals surface area contributed by atoms with Crippen LogP contribution in [-0.2, 0) is 54.4 Å². The zero-order valence-corrected chi connectivity index (χ0v) is 53.2. The number of urea groups is 1. The second-order valence-corrected chi connectivity index (χ2v) is 23.5. The Balaban J connectivity index is 1.71. The first-order chi connectivity index (χ1) is 39.6. The average molecular weight is 1240 g/mol. The van der Waals surface area contributed by atoms with Gasteiger partial charge in [0.15, 0.2) is 0 Å². The number of rotatable bonds is 33. The zero-order chi connectivity index (χ0) is 63.1. The number of amides is 10. The quantitative estimate of drug-likeness (QED) is 0.0346. The standard InChI is InChI=1S/C60H95BrN10O13/c1-15-37(8)51(45(82-13)31-47(73)71-30-20-24-44(71)53(83-14)38(9)54(75)64-39(10)52(74)41-21-17-16-18-22-41)69(11)58(79)49(35(4)5)68-57(78)50(36(6)7)70(12)60(81)84-33-40-25-27-42(28-26-40)65-55(76)43(23-19-29-63-59(62)80)66-56(77)48(34(2)3)67-46(72)32-61/h16-18,21-22,25-28,34-39,43-45,48-53,74H,15,19-20,23-24,29-33H2,1-14H3,(H,64,75)(H,65,76)(H,66,77)(H,67,72)(H,68,78)(H3,62,63,80)/t37-,38+,39+,43-,44-,45?,48-,49-,50-,51-,52+,53+/m0/s1. The number of benzene rings is 2. The molecule has 0 spiro atoms. The van der Waals surface area contributed by atoms with E-state index in [-0.39, 0.29) is 55.0 Å². The van der Waals surface area contributed by atoms with Crippen LogP contribution in [0.25, 0.3) is 0 Å². The highest BCUT2D eigenvalue weighted by Gasteiger charge is 2.44. The number of anilines is 1. The van der Waals surface area contributed by atoms with E-state index in [4.69, 9.17) is 19.9 Å². The molecule has 470 valence electrons. The third-order valence-electron chi connectivity index (χ3n) is 15.7. The second kappa shape index (κ2) is 35.2. The molecule has 0 bridgehead atoms. The van der Waals surface area contributed by atoms with E-state index in [0.29, 0.717) is 49.0 Å². The number of likely N-dealkylation sites (tertiary alicyclic amines) is 1. The highest BCUT2D eigenvalue weighted by Crippen LogP contribution is 2.30. The summed E-state index contributed by atoms with van der Waals surface area (Å²) >= 11 is 3.08. The lowest BCUT2D eigenvalue weighted by atomic mass is 9.89. The molecule has 0 aliphatic carbocycles. The Morgan fingerprint density at radius 3 is 1.94 bits per heavy atom. The molecule has 10 amide bonds. The minimum absolute atomic E-state index is 0.0184. The van der Waals surface area contributed by atoms with Crippen molar-refractivity contribution in [3.05, 3.63) is 65.7 Å². The number of hydrogen-bond donors (Lipinski definition) is 8. The first-order valence-corrected chi connectivity index (χ1v) is 30.2. The highest BCUT2D eigenvalue weighted by molar-refractivity contribution is 9.09. The third kappa shape index (κ3) is 21.0. The fraction of sp³-hybridized carbons (Fsp3) is 0.650. The number of nitrogens with two attached hydrogens (primary N) is 1. The molecule has 0 saturated carbocycles. The van der Waals surface area contributed by atoms with E-state index >= 15 is 0 Å². The van der Waals surface area contributed by atoms with Gasteiger partial charge in [0.1, 0.15) is 30.8 Å². The Morgan fingerprint density at radius 1 is 0.762 bits per heavy atom. The summed E-state index contributed by atoms with van der Waals surface area (Å²) in [5.41, 5.74) is 6.77. The maximum Gasteiger partial charge on any atom is 0.410 e. The number of halogens is 1. The molecule has 1 aliphatic rings. The predicted molar refractivity (Wildman–Crippen MR) is 323 cm³/mol. The number of alkyl halides is 1. The summed E-state index contributed by atoms with van der Waals surface area (Å²) in [6.45, 7) is 18.5. The Morgan fingerprint density at radius 2 is 1.39 bits per heavy atom. The second-order valence-electron chi connectivity index (χ2n) is 22.9. The summed E-state index contributed by atoms with van der Waals surface area (Å²) in [6.07, 6.45) is -0.914. The van der Waals surface area contributed by atoms with E-state index < -0.39 is 120 Å². The zero-order valence-electron chi connectivity index (χ0n) is 51.6. The normalized spacial score (nSPS) is 17.2. The first kappa shape index (κ1) is 71.9. The minimum Gasteiger partial charge on any atom is -0.445 e. The summed E-state index contributed by atoms with van der Waals surface area (Å²) in [5, 5.41) is 27.4. The molecule has 0 aromatic heterocycles. The van der Waals surface area contributed by atoms with Crippen LogP contribution in [0.2, 0.25) is 0 Å². The molecular weight excluding hydrogens is 1150 g/mol. The fourth-order valence-electron chi connectivity index (χ4n) is 10.6. The van der Waals surface area contributed by atoms with Crippen LogP contribution in [0, 0.1) is 29.6 Å². The van der Waals surface area contributed by atoms with Gasteiger partial charge < -0.3 is 66.8 Å². The van der Waals surface area contributed by atoms with E-state index in [1.165, 1.54) is 26.2 Å². The van der Waals surface area contributed by atoms with E-state index in [1.54, 1.807) is 109 Å². The Hall–Kier alpha value is -6.37. The van der Waals surface area contributed by atoms with Gasteiger partial charge in [0.2, 0.25) is 41.4 Å². The first-order valence-electron chi connectivity index (χ1n) is 29.1. The van der Waals surface area contributed by atoms with Gasteiger partial charge in [0.25, 0.3) is 0 Å². The van der Waals surface area contributed by atoms with Gasteiger partial charge in [0, 0.05) is 47.1 Å². The molecule has 3 rings (SSSR count). The number of aliphatic hydroxyl groups is 1. The van der Waals surface area contributed by atoms with Gasteiger partial charge in [-0.2, -0.15) is 0 Å². The van der Waals surface area contributed by atoms with E-state index in [2.05, 4.69) is 47.8 Å². The van der Waals surface area contributed by atoms with E-state index in [9.17, 15) is 48.3 Å². The average Bonchev–Trinajstić information content (AvgIpc) is 4.16. The van der Waals surface area contributed by atoms with Gasteiger partial charge in [-0.25, -0.2) is 9.59 Å². The molecule has 1 fully saturated rings. The largest absolute Gasteiger partial charge is 0.445 e. The lowest BCUT2D eigenvalue weighted by Gasteiger charge is -2.41. The van der Waals surface area contributed by atoms with Crippen molar-refractivity contribution in [2.45, 2.75) is 175 Å². The lowest BCUT2D eigenvalue weighted by molar-refractivity contribution is -0.148. The molecule has 84 heavy (non-hydrogen) atoms. The number of primary amides is 1. The molecular formula is C60H95BrN10O13. The number of aliphatic hydroxyl groups excluding tert-OH is 1. The summed E-state index contributed by atoms with van der Waals surface area (Å²) < 4.78 is 17.7. The van der Waals surface area contributed by atoms with Crippen molar-refractivity contribution < 1.29 is 62.5 Å². The SMILES string of the molecule is CC[C@H](C)[C@@H](C(CC(=O)N1CCC[C@H]1[C@H](OC)[C@@H](C)C(=O)N[C@H](C)[C@@H](O)c1ccccc1)OC)N(C)C(=O)[C@@H](NC(=O)[C@H](C(C)C)N(C)C(=O)OCc1ccc(NC(=O)[C@H](CCCNC(N)=O)NC(=O)[C@@H](NC(=O)CBr)C(C)C)cc1)C(C)C. The van der Waals surface area contributed by atoms with Crippen LogP contribution < -0.4 is 37.6 Å². The molecule has 2 aromatic rings. The van der Waals surface area contributed by atoms with Crippen LogP contribution in [0.5, 0.6) is 0 Å². The van der Waals surface area contributed by atoms with Crippen molar-refractivity contribution in [1.82, 2.24) is 41.3 Å². The number of hydrogen-bond acceptors (Lipinski definition) is 13. The van der Waals surface area contributed by atoms with Crippen molar-refractivity contribution in [3.63, 3.8) is 0 Å². The smallest absolute Gasteiger partial charge is 0.410 e. The van der Waals surface area contributed by atoms with Crippen LogP contribution in [-0.4, -0.2) is 175 Å². The number of likely N-dealkylation sites (N-methyl/N-ethyl adjacent to an activating group) is 2. The maximum absolute atomic E-state index is 14.8. The number of carbonyl (C=O) groups is 9. The van der Waals surface area contributed by atoms with Crippen LogP contribution in [0.1, 0.15) is 125 Å². The van der Waals surface area contributed by atoms with Gasteiger partial charge in [-0.05, 0) is 79.5 Å². The van der Waals surface area contributed by atoms with Gasteiger partial charge in [-0.15, -0.1) is 0 Å². The predicted octanol–water partition coefficient (Wildman–Crippen LogP) is 4.99. The monoisotopic (exact) mass is 1240 g/mol. The van der Waals surface area contributed by atoms with Crippen molar-refractivity contribution in [3.8, 4) is 0 Å². The molecule has 9 N–H and O–H groups in total. The molecule has 23 nitrogen and oxygen atoms in total. The number of methoxy groups -OCH3 is 2. The molecule has 2 aromatic carbocycles. The number of ether oxygens (including phenoxy) is 3. The van der Waals surface area contributed by atoms with Crippen molar-refractivity contribution in [2.24, 2.45) is 35.3 Å². The van der Waals surface area contributed by atoms with E-state index in [0.717, 1.165) is 0 Å². The molecule has 1 heterocycles. The lowest BCUT2D eigenvalue weighted by Crippen LogP contribution is -2.60. The molecule has 1 saturated heterocycles. The molecule has 12 atom stereocenters. The van der Waals surface area contributed by atoms with Gasteiger partial charge in [0.05, 0.1) is 54.1 Å². The molecule has 1 unspecified atom stereocenters.